The molecule has 0 aromatic heterocycles. The van der Waals surface area contributed by atoms with Crippen LogP contribution in [0.5, 0.6) is 5.75 Å². The first-order valence-corrected chi connectivity index (χ1v) is 11.9. The normalized spacial score (nSPS) is 10.9. The highest BCUT2D eigenvalue weighted by molar-refractivity contribution is 9.11. The topological polar surface area (TPSA) is 91.2 Å². The van der Waals surface area contributed by atoms with Crippen molar-refractivity contribution in [3.05, 3.63) is 91.3 Å². The number of anilines is 2. The Morgan fingerprint density at radius 2 is 1.79 bits per heavy atom. The van der Waals surface area contributed by atoms with Crippen molar-refractivity contribution >= 4 is 72.7 Å². The molecule has 0 fully saturated rings. The molecule has 3 rings (SSSR count). The first-order chi connectivity index (χ1) is 16.2. The van der Waals surface area contributed by atoms with Crippen molar-refractivity contribution in [2.45, 2.75) is 6.92 Å². The van der Waals surface area contributed by atoms with Crippen LogP contribution in [0.4, 0.5) is 11.4 Å². The maximum absolute atomic E-state index is 12.7. The third-order valence-electron chi connectivity index (χ3n) is 4.45. The van der Waals surface area contributed by atoms with Gasteiger partial charge in [-0.1, -0.05) is 39.7 Å². The number of benzene rings is 3. The Hall–Kier alpha value is -3.12. The second-order valence-electron chi connectivity index (χ2n) is 7.14. The van der Waals surface area contributed by atoms with E-state index in [4.69, 9.17) is 16.3 Å². The minimum Gasteiger partial charge on any atom is -0.482 e. The molecule has 0 unspecified atom stereocenters. The molecule has 0 radical (unpaired) electrons. The van der Waals surface area contributed by atoms with Crippen LogP contribution < -0.4 is 15.4 Å². The second-order valence-corrected chi connectivity index (χ2v) is 9.35. The van der Waals surface area contributed by atoms with Crippen LogP contribution in [0.3, 0.4) is 0 Å². The van der Waals surface area contributed by atoms with E-state index in [0.29, 0.717) is 36.7 Å². The first-order valence-electron chi connectivity index (χ1n) is 9.92. The van der Waals surface area contributed by atoms with Crippen molar-refractivity contribution in [1.29, 1.82) is 5.26 Å². The summed E-state index contributed by atoms with van der Waals surface area (Å²) >= 11 is 12.7. The van der Waals surface area contributed by atoms with Crippen LogP contribution in [0.15, 0.2) is 75.2 Å². The molecule has 0 spiro atoms. The van der Waals surface area contributed by atoms with Gasteiger partial charge in [-0.15, -0.1) is 0 Å². The Labute approximate surface area is 218 Å². The molecule has 0 saturated heterocycles. The Balaban J connectivity index is 1.79. The summed E-state index contributed by atoms with van der Waals surface area (Å²) in [6.45, 7) is 1.61. The molecule has 0 aliphatic heterocycles. The van der Waals surface area contributed by atoms with Crippen molar-refractivity contribution in [3.63, 3.8) is 0 Å². The summed E-state index contributed by atoms with van der Waals surface area (Å²) in [6, 6.07) is 19.3. The van der Waals surface area contributed by atoms with Gasteiger partial charge in [-0.3, -0.25) is 9.59 Å². The Morgan fingerprint density at radius 3 is 2.47 bits per heavy atom. The Kier molecular flexibility index (Phi) is 8.88. The largest absolute Gasteiger partial charge is 0.482 e. The Bertz CT molecular complexity index is 1300. The summed E-state index contributed by atoms with van der Waals surface area (Å²) in [7, 11) is 0. The predicted molar refractivity (Wildman–Crippen MR) is 141 cm³/mol. The number of nitrogens with one attached hydrogen (secondary N) is 2. The summed E-state index contributed by atoms with van der Waals surface area (Å²) < 4.78 is 6.99. The quantitative estimate of drug-likeness (QED) is 0.231. The molecule has 2 N–H and O–H groups in total. The van der Waals surface area contributed by atoms with Gasteiger partial charge in [0.15, 0.2) is 6.61 Å². The van der Waals surface area contributed by atoms with Crippen molar-refractivity contribution in [2.75, 3.05) is 17.2 Å². The zero-order valence-electron chi connectivity index (χ0n) is 17.9. The van der Waals surface area contributed by atoms with Crippen molar-refractivity contribution in [3.8, 4) is 11.8 Å². The summed E-state index contributed by atoms with van der Waals surface area (Å²) in [4.78, 5) is 25.0. The van der Waals surface area contributed by atoms with Crippen LogP contribution in [0.1, 0.15) is 11.1 Å². The third kappa shape index (κ3) is 7.19. The molecular formula is C25H18Br2ClN3O3. The minimum atomic E-state index is -0.560. The lowest BCUT2D eigenvalue weighted by Crippen LogP contribution is -2.20. The fourth-order valence-electron chi connectivity index (χ4n) is 2.93. The van der Waals surface area contributed by atoms with E-state index in [1.54, 1.807) is 48.5 Å². The van der Waals surface area contributed by atoms with E-state index >= 15 is 0 Å². The van der Waals surface area contributed by atoms with Crippen LogP contribution >= 0.6 is 43.5 Å². The van der Waals surface area contributed by atoms with Crippen LogP contribution in [0.2, 0.25) is 5.02 Å². The van der Waals surface area contributed by atoms with Gasteiger partial charge in [0.05, 0.1) is 4.47 Å². The number of aryl methyl sites for hydroxylation is 1. The van der Waals surface area contributed by atoms with E-state index < -0.39 is 5.91 Å². The van der Waals surface area contributed by atoms with E-state index in [1.165, 1.54) is 6.08 Å². The summed E-state index contributed by atoms with van der Waals surface area (Å²) in [5.41, 5.74) is 2.45. The monoisotopic (exact) mass is 601 g/mol. The molecule has 0 aliphatic rings. The van der Waals surface area contributed by atoms with Gasteiger partial charge in [0.1, 0.15) is 17.4 Å². The molecule has 0 bridgehead atoms. The zero-order chi connectivity index (χ0) is 24.7. The number of nitriles is 1. The van der Waals surface area contributed by atoms with Gasteiger partial charge in [-0.25, -0.2) is 0 Å². The number of rotatable bonds is 7. The van der Waals surface area contributed by atoms with E-state index in [0.717, 1.165) is 5.56 Å². The lowest BCUT2D eigenvalue weighted by Gasteiger charge is -2.13. The number of hydrogen-bond donors (Lipinski definition) is 2. The maximum atomic E-state index is 12.7. The van der Waals surface area contributed by atoms with Crippen LogP contribution in [0.25, 0.3) is 6.08 Å². The molecule has 0 saturated carbocycles. The minimum absolute atomic E-state index is 0.123. The SMILES string of the molecule is Cc1cccc(NC(=O)/C(C#N)=C/c2cc(Br)cc(Br)c2OCC(=O)Nc2ccc(Cl)cc2)c1. The molecule has 34 heavy (non-hydrogen) atoms. The maximum Gasteiger partial charge on any atom is 0.266 e. The van der Waals surface area contributed by atoms with Gasteiger partial charge >= 0.3 is 0 Å². The first kappa shape index (κ1) is 25.5. The molecule has 0 atom stereocenters. The van der Waals surface area contributed by atoms with E-state index in [1.807, 2.05) is 25.1 Å². The lowest BCUT2D eigenvalue weighted by atomic mass is 10.1. The number of halogens is 3. The smallest absolute Gasteiger partial charge is 0.266 e. The number of nitrogens with zero attached hydrogens (tertiary/aromatic N) is 1. The Morgan fingerprint density at radius 1 is 1.06 bits per heavy atom. The van der Waals surface area contributed by atoms with Gasteiger partial charge < -0.3 is 15.4 Å². The second kappa shape index (κ2) is 11.8. The van der Waals surface area contributed by atoms with Gasteiger partial charge in [0.2, 0.25) is 0 Å². The van der Waals surface area contributed by atoms with Crippen molar-refractivity contribution in [1.82, 2.24) is 0 Å². The number of hydrogen-bond acceptors (Lipinski definition) is 4. The molecule has 3 aromatic carbocycles. The van der Waals surface area contributed by atoms with E-state index in [-0.39, 0.29) is 18.1 Å². The van der Waals surface area contributed by atoms with Crippen LogP contribution in [-0.4, -0.2) is 18.4 Å². The zero-order valence-corrected chi connectivity index (χ0v) is 21.8. The third-order valence-corrected chi connectivity index (χ3v) is 5.75. The lowest BCUT2D eigenvalue weighted by molar-refractivity contribution is -0.118. The summed E-state index contributed by atoms with van der Waals surface area (Å²) in [5, 5.41) is 15.6. The molecular weight excluding hydrogens is 586 g/mol. The summed E-state index contributed by atoms with van der Waals surface area (Å²) in [5.74, 6) is -0.633. The van der Waals surface area contributed by atoms with Gasteiger partial charge in [0, 0.05) is 26.4 Å². The molecule has 3 aromatic rings. The van der Waals surface area contributed by atoms with Crippen molar-refractivity contribution < 1.29 is 14.3 Å². The number of carbonyl (C=O) groups is 2. The number of ether oxygens (including phenoxy) is 1. The van der Waals surface area contributed by atoms with Crippen LogP contribution in [0, 0.1) is 18.3 Å². The molecule has 0 heterocycles. The van der Waals surface area contributed by atoms with Crippen molar-refractivity contribution in [2.24, 2.45) is 0 Å². The molecule has 6 nitrogen and oxygen atoms in total. The van der Waals surface area contributed by atoms with E-state index in [2.05, 4.69) is 42.5 Å². The molecule has 2 amide bonds. The number of carbonyl (C=O) groups excluding carboxylic acids is 2. The highest BCUT2D eigenvalue weighted by Crippen LogP contribution is 2.34. The van der Waals surface area contributed by atoms with Crippen LogP contribution in [-0.2, 0) is 9.59 Å². The molecule has 172 valence electrons. The van der Waals surface area contributed by atoms with Gasteiger partial charge in [-0.2, -0.15) is 5.26 Å². The fourth-order valence-corrected chi connectivity index (χ4v) is 4.43. The van der Waals surface area contributed by atoms with Gasteiger partial charge in [-0.05, 0) is 83.0 Å². The molecule has 9 heteroatoms. The fraction of sp³-hybridized carbons (Fsp3) is 0.0800. The predicted octanol–water partition coefficient (Wildman–Crippen LogP) is 6.74. The van der Waals surface area contributed by atoms with E-state index in [9.17, 15) is 14.9 Å². The highest BCUT2D eigenvalue weighted by Gasteiger charge is 2.15. The summed E-state index contributed by atoms with van der Waals surface area (Å²) in [6.07, 6.45) is 1.41. The highest BCUT2D eigenvalue weighted by atomic mass is 79.9. The van der Waals surface area contributed by atoms with Gasteiger partial charge in [0.25, 0.3) is 11.8 Å². The number of amides is 2. The standard InChI is InChI=1S/C25H18Br2ClN3O3/c1-15-3-2-4-21(9-15)31-25(33)17(13-29)10-16-11-18(26)12-22(27)24(16)34-14-23(32)30-20-7-5-19(28)6-8-20/h2-12H,14H2,1H3,(H,30,32)(H,31,33)/b17-10+. The average molecular weight is 604 g/mol. The average Bonchev–Trinajstić information content (AvgIpc) is 2.78. The molecule has 0 aliphatic carbocycles.